The number of aliphatic carboxylic acids is 1. The van der Waals surface area contributed by atoms with Gasteiger partial charge in [-0.15, -0.1) is 0 Å². The van der Waals surface area contributed by atoms with Crippen molar-refractivity contribution in [1.82, 2.24) is 0 Å². The van der Waals surface area contributed by atoms with Crippen molar-refractivity contribution in [1.29, 1.82) is 0 Å². The molecular weight excluding hydrogens is 544 g/mol. The highest BCUT2D eigenvalue weighted by molar-refractivity contribution is 5.71. The monoisotopic (exact) mass is 617 g/mol. The molecular formula is C40H72O4. The van der Waals surface area contributed by atoms with E-state index in [0.29, 0.717) is 12.8 Å². The van der Waals surface area contributed by atoms with Gasteiger partial charge in [0.2, 0.25) is 0 Å². The van der Waals surface area contributed by atoms with Gasteiger partial charge >= 0.3 is 11.9 Å². The number of ether oxygens (including phenoxy) is 1. The second-order valence-corrected chi connectivity index (χ2v) is 12.8. The van der Waals surface area contributed by atoms with E-state index in [2.05, 4.69) is 50.3 Å². The van der Waals surface area contributed by atoms with E-state index < -0.39 is 12.1 Å². The Balaban J connectivity index is 3.67. The van der Waals surface area contributed by atoms with Crippen molar-refractivity contribution in [3.8, 4) is 0 Å². The Hall–Kier alpha value is -1.84. The molecule has 0 aromatic rings. The molecule has 1 unspecified atom stereocenters. The van der Waals surface area contributed by atoms with Gasteiger partial charge in [0.15, 0.2) is 0 Å². The third-order valence-electron chi connectivity index (χ3n) is 8.36. The standard InChI is InChI=1S/C40H72O4/c1-3-5-7-9-11-13-15-17-19-20-22-23-25-27-29-31-33-35-38(37-39(41)42)44-40(43)36-34-32-30-28-26-24-21-18-16-14-12-10-8-6-4-2/h6,8,12,14,18,21,38H,3-5,7,9-11,13,15-17,19-20,22-37H2,1-2H3,(H,41,42)/b8-6-,14-12-,21-18-. The van der Waals surface area contributed by atoms with Crippen molar-refractivity contribution in [2.75, 3.05) is 0 Å². The molecule has 4 nitrogen and oxygen atoms in total. The Morgan fingerprint density at radius 1 is 0.545 bits per heavy atom. The molecule has 0 aliphatic carbocycles. The number of carboxylic acid groups (broad SMARTS) is 1. The zero-order chi connectivity index (χ0) is 32.2. The van der Waals surface area contributed by atoms with Crippen LogP contribution in [0.1, 0.15) is 200 Å². The van der Waals surface area contributed by atoms with E-state index in [1.165, 1.54) is 109 Å². The summed E-state index contributed by atoms with van der Waals surface area (Å²) in [4.78, 5) is 23.6. The number of carboxylic acids is 1. The highest BCUT2D eigenvalue weighted by Crippen LogP contribution is 2.17. The quantitative estimate of drug-likeness (QED) is 0.0444. The fourth-order valence-corrected chi connectivity index (χ4v) is 5.63. The first kappa shape index (κ1) is 42.2. The molecule has 0 aliphatic rings. The summed E-state index contributed by atoms with van der Waals surface area (Å²) < 4.78 is 5.57. The molecule has 0 amide bonds. The molecule has 0 spiro atoms. The summed E-state index contributed by atoms with van der Waals surface area (Å²) in [5, 5.41) is 9.26. The van der Waals surface area contributed by atoms with E-state index >= 15 is 0 Å². The molecule has 0 radical (unpaired) electrons. The maximum absolute atomic E-state index is 12.3. The van der Waals surface area contributed by atoms with E-state index in [-0.39, 0.29) is 12.4 Å². The molecule has 4 heteroatoms. The van der Waals surface area contributed by atoms with Crippen LogP contribution in [-0.4, -0.2) is 23.1 Å². The predicted octanol–water partition coefficient (Wildman–Crippen LogP) is 13.0. The van der Waals surface area contributed by atoms with Gasteiger partial charge in [-0.3, -0.25) is 9.59 Å². The third-order valence-corrected chi connectivity index (χ3v) is 8.36. The van der Waals surface area contributed by atoms with Crippen LogP contribution in [0.15, 0.2) is 36.5 Å². The molecule has 256 valence electrons. The van der Waals surface area contributed by atoms with E-state index in [9.17, 15) is 14.7 Å². The first-order chi connectivity index (χ1) is 21.6. The summed E-state index contributed by atoms with van der Waals surface area (Å²) in [6.45, 7) is 4.43. The third kappa shape index (κ3) is 34.6. The normalized spacial score (nSPS) is 12.6. The van der Waals surface area contributed by atoms with Crippen LogP contribution in [0.4, 0.5) is 0 Å². The van der Waals surface area contributed by atoms with Crippen LogP contribution < -0.4 is 0 Å². The van der Waals surface area contributed by atoms with Gasteiger partial charge < -0.3 is 9.84 Å². The van der Waals surface area contributed by atoms with Crippen molar-refractivity contribution >= 4 is 11.9 Å². The molecule has 0 fully saturated rings. The van der Waals surface area contributed by atoms with Gasteiger partial charge in [0.25, 0.3) is 0 Å². The molecule has 1 N–H and O–H groups in total. The van der Waals surface area contributed by atoms with Crippen LogP contribution in [0, 0.1) is 0 Å². The fourth-order valence-electron chi connectivity index (χ4n) is 5.63. The molecule has 0 heterocycles. The molecule has 1 atom stereocenters. The van der Waals surface area contributed by atoms with Gasteiger partial charge in [-0.05, 0) is 51.4 Å². The van der Waals surface area contributed by atoms with Crippen molar-refractivity contribution in [3.05, 3.63) is 36.5 Å². The van der Waals surface area contributed by atoms with Crippen molar-refractivity contribution in [3.63, 3.8) is 0 Å². The predicted molar refractivity (Wildman–Crippen MR) is 190 cm³/mol. The highest BCUT2D eigenvalue weighted by atomic mass is 16.5. The van der Waals surface area contributed by atoms with E-state index in [4.69, 9.17) is 4.74 Å². The molecule has 44 heavy (non-hydrogen) atoms. The number of rotatable bonds is 34. The minimum absolute atomic E-state index is 0.0796. The maximum Gasteiger partial charge on any atom is 0.307 e. The van der Waals surface area contributed by atoms with Gasteiger partial charge in [0.05, 0.1) is 6.42 Å². The number of unbranched alkanes of at least 4 members (excludes halogenated alkanes) is 21. The minimum atomic E-state index is -0.885. The minimum Gasteiger partial charge on any atom is -0.481 e. The summed E-state index contributed by atoms with van der Waals surface area (Å²) in [5.74, 6) is -1.12. The van der Waals surface area contributed by atoms with Crippen LogP contribution >= 0.6 is 0 Å². The van der Waals surface area contributed by atoms with Crippen LogP contribution in [0.3, 0.4) is 0 Å². The fraction of sp³-hybridized carbons (Fsp3) is 0.800. The summed E-state index contributed by atoms with van der Waals surface area (Å²) >= 11 is 0. The molecule has 0 rings (SSSR count). The lowest BCUT2D eigenvalue weighted by atomic mass is 10.0. The van der Waals surface area contributed by atoms with E-state index in [1.807, 2.05) is 0 Å². The topological polar surface area (TPSA) is 63.6 Å². The van der Waals surface area contributed by atoms with Gasteiger partial charge in [0.1, 0.15) is 6.10 Å². The number of hydrogen-bond acceptors (Lipinski definition) is 3. The number of esters is 1. The lowest BCUT2D eigenvalue weighted by Gasteiger charge is -2.16. The second-order valence-electron chi connectivity index (χ2n) is 12.8. The Kier molecular flexibility index (Phi) is 34.1. The average molecular weight is 617 g/mol. The van der Waals surface area contributed by atoms with Gasteiger partial charge in [-0.25, -0.2) is 0 Å². The lowest BCUT2D eigenvalue weighted by molar-refractivity contribution is -0.153. The molecule has 0 aromatic carbocycles. The van der Waals surface area contributed by atoms with Crippen molar-refractivity contribution in [2.24, 2.45) is 0 Å². The van der Waals surface area contributed by atoms with Crippen LogP contribution in [0.2, 0.25) is 0 Å². The first-order valence-electron chi connectivity index (χ1n) is 19.0. The summed E-state index contributed by atoms with van der Waals surface area (Å²) in [6, 6.07) is 0. The molecule has 0 aromatic heterocycles. The first-order valence-corrected chi connectivity index (χ1v) is 19.0. The van der Waals surface area contributed by atoms with E-state index in [0.717, 1.165) is 57.8 Å². The number of hydrogen-bond donors (Lipinski definition) is 1. The maximum atomic E-state index is 12.3. The Bertz CT molecular complexity index is 708. The largest absolute Gasteiger partial charge is 0.481 e. The highest BCUT2D eigenvalue weighted by Gasteiger charge is 2.17. The Labute approximate surface area is 273 Å². The molecule has 0 saturated carbocycles. The Morgan fingerprint density at radius 3 is 1.48 bits per heavy atom. The number of allylic oxidation sites excluding steroid dienone is 6. The van der Waals surface area contributed by atoms with Crippen LogP contribution in [0.5, 0.6) is 0 Å². The Morgan fingerprint density at radius 2 is 0.977 bits per heavy atom. The zero-order valence-corrected chi connectivity index (χ0v) is 29.2. The van der Waals surface area contributed by atoms with Gasteiger partial charge in [-0.2, -0.15) is 0 Å². The zero-order valence-electron chi connectivity index (χ0n) is 29.2. The molecule has 0 aliphatic heterocycles. The summed E-state index contributed by atoms with van der Waals surface area (Å²) in [5.41, 5.74) is 0. The van der Waals surface area contributed by atoms with Crippen molar-refractivity contribution < 1.29 is 19.4 Å². The van der Waals surface area contributed by atoms with Crippen LogP contribution in [-0.2, 0) is 14.3 Å². The van der Waals surface area contributed by atoms with Crippen molar-refractivity contribution in [2.45, 2.75) is 206 Å². The van der Waals surface area contributed by atoms with Gasteiger partial charge in [0, 0.05) is 6.42 Å². The average Bonchev–Trinajstić information content (AvgIpc) is 3.00. The molecule has 0 bridgehead atoms. The molecule has 0 saturated heterocycles. The van der Waals surface area contributed by atoms with Crippen LogP contribution in [0.25, 0.3) is 0 Å². The van der Waals surface area contributed by atoms with Gasteiger partial charge in [-0.1, -0.05) is 172 Å². The summed E-state index contributed by atoms with van der Waals surface area (Å²) in [6.07, 6.45) is 45.9. The smallest absolute Gasteiger partial charge is 0.307 e. The summed E-state index contributed by atoms with van der Waals surface area (Å²) in [7, 11) is 0. The SMILES string of the molecule is CC/C=C\C/C=C\C/C=C\CCCCCCCC(=O)OC(CCCCCCCCCCCCCCCCCCC)CC(=O)O. The lowest BCUT2D eigenvalue weighted by Crippen LogP contribution is -2.21. The number of carbonyl (C=O) groups excluding carboxylic acids is 1. The van der Waals surface area contributed by atoms with E-state index in [1.54, 1.807) is 0 Å². The number of carbonyl (C=O) groups is 2. The second kappa shape index (κ2) is 35.6.